The highest BCUT2D eigenvalue weighted by atomic mass is 32.2. The van der Waals surface area contributed by atoms with Gasteiger partial charge in [-0.3, -0.25) is 4.90 Å². The van der Waals surface area contributed by atoms with Crippen LogP contribution in [0.4, 0.5) is 13.2 Å². The molecule has 0 radical (unpaired) electrons. The van der Waals surface area contributed by atoms with Crippen molar-refractivity contribution in [1.82, 2.24) is 24.5 Å². The maximum atomic E-state index is 13.2. The van der Waals surface area contributed by atoms with Crippen LogP contribution in [0.5, 0.6) is 0 Å². The van der Waals surface area contributed by atoms with Crippen molar-refractivity contribution in [2.24, 2.45) is 0 Å². The second kappa shape index (κ2) is 7.16. The minimum absolute atomic E-state index is 0.219. The van der Waals surface area contributed by atoms with Crippen LogP contribution >= 0.6 is 0 Å². The SMILES string of the molecule is CCn1cnc(S(=O)(=O)NCC(N2CCNCC2)C(F)(F)F)c1. The van der Waals surface area contributed by atoms with Crippen molar-refractivity contribution in [3.63, 3.8) is 0 Å². The first kappa shape index (κ1) is 18.2. The molecule has 1 aromatic heterocycles. The lowest BCUT2D eigenvalue weighted by Crippen LogP contribution is -2.57. The number of hydrogen-bond acceptors (Lipinski definition) is 5. The van der Waals surface area contributed by atoms with Crippen molar-refractivity contribution in [3.05, 3.63) is 12.5 Å². The normalized spacial score (nSPS) is 19.0. The second-order valence-electron chi connectivity index (χ2n) is 5.24. The first-order valence-electron chi connectivity index (χ1n) is 7.27. The average molecular weight is 355 g/mol. The molecule has 2 rings (SSSR count). The van der Waals surface area contributed by atoms with E-state index in [9.17, 15) is 21.6 Å². The van der Waals surface area contributed by atoms with Gasteiger partial charge in [-0.05, 0) is 6.92 Å². The number of rotatable bonds is 6. The highest BCUT2D eigenvalue weighted by Gasteiger charge is 2.44. The Kier molecular flexibility index (Phi) is 5.65. The molecule has 2 N–H and O–H groups in total. The molecule has 0 spiro atoms. The number of nitrogens with one attached hydrogen (secondary N) is 2. The van der Waals surface area contributed by atoms with Gasteiger partial charge in [-0.15, -0.1) is 0 Å². The van der Waals surface area contributed by atoms with Gasteiger partial charge in [0.15, 0.2) is 5.03 Å². The van der Waals surface area contributed by atoms with Crippen LogP contribution in [0.15, 0.2) is 17.6 Å². The first-order valence-corrected chi connectivity index (χ1v) is 8.75. The summed E-state index contributed by atoms with van der Waals surface area (Å²) >= 11 is 0. The van der Waals surface area contributed by atoms with Gasteiger partial charge in [-0.2, -0.15) is 13.2 Å². The Morgan fingerprint density at radius 3 is 2.57 bits per heavy atom. The van der Waals surface area contributed by atoms with Crippen molar-refractivity contribution < 1.29 is 21.6 Å². The minimum Gasteiger partial charge on any atom is -0.336 e. The fourth-order valence-electron chi connectivity index (χ4n) is 2.36. The number of sulfonamides is 1. The molecule has 1 aliphatic heterocycles. The number of piperazine rings is 1. The van der Waals surface area contributed by atoms with Gasteiger partial charge in [0.1, 0.15) is 6.04 Å². The molecular formula is C12H20F3N5O2S. The zero-order valence-corrected chi connectivity index (χ0v) is 13.5. The van der Waals surface area contributed by atoms with Crippen LogP contribution in [0.3, 0.4) is 0 Å². The molecule has 11 heteroatoms. The summed E-state index contributed by atoms with van der Waals surface area (Å²) in [5.41, 5.74) is 0. The van der Waals surface area contributed by atoms with Crippen LogP contribution in [-0.2, 0) is 16.6 Å². The van der Waals surface area contributed by atoms with E-state index in [1.54, 1.807) is 6.92 Å². The standard InChI is InChI=1S/C12H20F3N5O2S/c1-2-19-8-11(17-9-19)23(21,22)18-7-10(12(13,14)15)20-5-3-16-4-6-20/h8-10,16,18H,2-7H2,1H3. The van der Waals surface area contributed by atoms with E-state index >= 15 is 0 Å². The van der Waals surface area contributed by atoms with Gasteiger partial charge in [-0.25, -0.2) is 18.1 Å². The molecule has 1 atom stereocenters. The molecule has 1 aromatic rings. The number of hydrogen-bond donors (Lipinski definition) is 2. The Labute approximate surface area is 132 Å². The zero-order chi connectivity index (χ0) is 17.1. The summed E-state index contributed by atoms with van der Waals surface area (Å²) in [6.45, 7) is 2.92. The monoisotopic (exact) mass is 355 g/mol. The van der Waals surface area contributed by atoms with Crippen molar-refractivity contribution in [2.75, 3.05) is 32.7 Å². The van der Waals surface area contributed by atoms with Crippen LogP contribution in [0, 0.1) is 0 Å². The smallest absolute Gasteiger partial charge is 0.336 e. The highest BCUT2D eigenvalue weighted by molar-refractivity contribution is 7.89. The molecule has 0 aromatic carbocycles. The Bertz CT molecular complexity index is 610. The van der Waals surface area contributed by atoms with E-state index in [1.165, 1.54) is 22.0 Å². The Morgan fingerprint density at radius 2 is 2.04 bits per heavy atom. The lowest BCUT2D eigenvalue weighted by Gasteiger charge is -2.35. The van der Waals surface area contributed by atoms with Crippen molar-refractivity contribution in [1.29, 1.82) is 0 Å². The second-order valence-corrected chi connectivity index (χ2v) is 6.95. The quantitative estimate of drug-likeness (QED) is 0.752. The van der Waals surface area contributed by atoms with Crippen LogP contribution in [0.1, 0.15) is 6.92 Å². The summed E-state index contributed by atoms with van der Waals surface area (Å²) in [6.07, 6.45) is -1.90. The number of alkyl halides is 3. The van der Waals surface area contributed by atoms with E-state index in [-0.39, 0.29) is 18.1 Å². The predicted octanol–water partition coefficient (Wildman–Crippen LogP) is 0.0174. The summed E-state index contributed by atoms with van der Waals surface area (Å²) in [6, 6.07) is -1.85. The van der Waals surface area contributed by atoms with Gasteiger partial charge >= 0.3 is 6.18 Å². The predicted molar refractivity (Wildman–Crippen MR) is 77.4 cm³/mol. The molecule has 1 saturated heterocycles. The highest BCUT2D eigenvalue weighted by Crippen LogP contribution is 2.25. The number of imidazole rings is 1. The summed E-state index contributed by atoms with van der Waals surface area (Å²) in [5.74, 6) is 0. The number of aryl methyl sites for hydroxylation is 1. The fourth-order valence-corrected chi connectivity index (χ4v) is 3.34. The molecule has 1 unspecified atom stereocenters. The average Bonchev–Trinajstić information content (AvgIpc) is 2.97. The van der Waals surface area contributed by atoms with Gasteiger partial charge in [-0.1, -0.05) is 0 Å². The van der Waals surface area contributed by atoms with E-state index < -0.39 is 28.8 Å². The zero-order valence-electron chi connectivity index (χ0n) is 12.7. The molecule has 132 valence electrons. The number of nitrogens with zero attached hydrogens (tertiary/aromatic N) is 3. The van der Waals surface area contributed by atoms with Gasteiger partial charge in [0.05, 0.1) is 6.33 Å². The van der Waals surface area contributed by atoms with Gasteiger partial charge in [0.2, 0.25) is 0 Å². The topological polar surface area (TPSA) is 79.3 Å². The van der Waals surface area contributed by atoms with E-state index in [0.29, 0.717) is 19.6 Å². The van der Waals surface area contributed by atoms with Crippen LogP contribution < -0.4 is 10.0 Å². The molecule has 0 bridgehead atoms. The third-order valence-electron chi connectivity index (χ3n) is 3.69. The van der Waals surface area contributed by atoms with E-state index in [0.717, 1.165) is 0 Å². The molecule has 7 nitrogen and oxygen atoms in total. The van der Waals surface area contributed by atoms with Crippen molar-refractivity contribution in [2.45, 2.75) is 30.7 Å². The third-order valence-corrected chi connectivity index (χ3v) is 5.00. The number of aromatic nitrogens is 2. The molecule has 1 fully saturated rings. The molecule has 1 aliphatic rings. The Balaban J connectivity index is 2.07. The van der Waals surface area contributed by atoms with Gasteiger partial charge in [0.25, 0.3) is 10.0 Å². The van der Waals surface area contributed by atoms with E-state index in [1.807, 2.05) is 4.72 Å². The lowest BCUT2D eigenvalue weighted by atomic mass is 10.2. The minimum atomic E-state index is -4.51. The fraction of sp³-hybridized carbons (Fsp3) is 0.750. The van der Waals surface area contributed by atoms with Crippen LogP contribution in [-0.4, -0.2) is 67.8 Å². The van der Waals surface area contributed by atoms with Crippen LogP contribution in [0.25, 0.3) is 0 Å². The maximum Gasteiger partial charge on any atom is 0.405 e. The molecule has 23 heavy (non-hydrogen) atoms. The molecule has 0 amide bonds. The molecule has 0 saturated carbocycles. The summed E-state index contributed by atoms with van der Waals surface area (Å²) in [4.78, 5) is 4.96. The van der Waals surface area contributed by atoms with E-state index in [2.05, 4.69) is 10.3 Å². The molecular weight excluding hydrogens is 335 g/mol. The van der Waals surface area contributed by atoms with Gasteiger partial charge in [0, 0.05) is 45.5 Å². The van der Waals surface area contributed by atoms with Crippen LogP contribution in [0.2, 0.25) is 0 Å². The Hall–Kier alpha value is -1.17. The summed E-state index contributed by atoms with van der Waals surface area (Å²) < 4.78 is 67.4. The number of halogens is 3. The van der Waals surface area contributed by atoms with Crippen molar-refractivity contribution >= 4 is 10.0 Å². The third kappa shape index (κ3) is 4.66. The molecule has 0 aliphatic carbocycles. The summed E-state index contributed by atoms with van der Waals surface area (Å²) in [5, 5.41) is 2.69. The largest absolute Gasteiger partial charge is 0.405 e. The molecule has 2 heterocycles. The summed E-state index contributed by atoms with van der Waals surface area (Å²) in [7, 11) is -4.07. The first-order chi connectivity index (χ1) is 10.7. The van der Waals surface area contributed by atoms with E-state index in [4.69, 9.17) is 0 Å². The van der Waals surface area contributed by atoms with Gasteiger partial charge < -0.3 is 9.88 Å². The lowest BCUT2D eigenvalue weighted by molar-refractivity contribution is -0.182. The van der Waals surface area contributed by atoms with Crippen molar-refractivity contribution in [3.8, 4) is 0 Å². The Morgan fingerprint density at radius 1 is 1.39 bits per heavy atom. The maximum absolute atomic E-state index is 13.2.